The quantitative estimate of drug-likeness (QED) is 0.598. The highest BCUT2D eigenvalue weighted by Crippen LogP contribution is 2.06. The maximum atomic E-state index is 12.1. The van der Waals surface area contributed by atoms with Crippen LogP contribution in [0.15, 0.2) is 56.8 Å². The first-order valence-electron chi connectivity index (χ1n) is 8.27. The number of methoxy groups -OCH3 is 2. The Hall–Kier alpha value is -3.95. The van der Waals surface area contributed by atoms with E-state index in [1.54, 1.807) is 30.1 Å². The minimum absolute atomic E-state index is 0.0108. The van der Waals surface area contributed by atoms with Crippen LogP contribution in [0.25, 0.3) is 5.82 Å². The first kappa shape index (κ1) is 21.4. The molecule has 10 heteroatoms. The lowest BCUT2D eigenvalue weighted by atomic mass is 10.3. The Bertz CT molecular complexity index is 1120. The summed E-state index contributed by atoms with van der Waals surface area (Å²) in [4.78, 5) is 45.0. The van der Waals surface area contributed by atoms with Crippen LogP contribution in [0.5, 0.6) is 0 Å². The molecule has 29 heavy (non-hydrogen) atoms. The third-order valence-corrected chi connectivity index (χ3v) is 3.84. The van der Waals surface area contributed by atoms with Crippen molar-refractivity contribution in [1.82, 2.24) is 14.3 Å². The van der Waals surface area contributed by atoms with Crippen LogP contribution in [0, 0.1) is 6.92 Å². The molecule has 10 nitrogen and oxygen atoms in total. The van der Waals surface area contributed by atoms with E-state index in [0.29, 0.717) is 5.82 Å². The maximum Gasteiger partial charge on any atom is 0.350 e. The number of hydrogen-bond acceptors (Lipinski definition) is 8. The summed E-state index contributed by atoms with van der Waals surface area (Å²) >= 11 is 0. The highest BCUT2D eigenvalue weighted by atomic mass is 16.5. The second-order valence-corrected chi connectivity index (χ2v) is 5.66. The van der Waals surface area contributed by atoms with Gasteiger partial charge in [0, 0.05) is 25.0 Å². The first-order valence-corrected chi connectivity index (χ1v) is 8.27. The molecule has 3 aromatic rings. The van der Waals surface area contributed by atoms with E-state index >= 15 is 0 Å². The van der Waals surface area contributed by atoms with Gasteiger partial charge in [-0.05, 0) is 31.2 Å². The summed E-state index contributed by atoms with van der Waals surface area (Å²) in [5.74, 6) is -0.855. The number of carbonyl (C=O) groups is 2. The van der Waals surface area contributed by atoms with Crippen LogP contribution < -0.4 is 11.2 Å². The number of aryl methyl sites for hydroxylation is 2. The molecular formula is C19H19N3O7. The molecule has 0 atom stereocenters. The smallest absolute Gasteiger partial charge is 0.350 e. The molecular weight excluding hydrogens is 382 g/mol. The van der Waals surface area contributed by atoms with Crippen LogP contribution in [0.3, 0.4) is 0 Å². The highest BCUT2D eigenvalue weighted by molar-refractivity contribution is 5.89. The standard InChI is InChI=1S/C12H13N3O3.C7H6O4/c1-8-7-10(13-14(8)2)15-6-4-5-9(11(15)16)12(17)18-3;1-10-6(8)5-3-2-4-11-7(5)9/h4-7H,1-3H3;2-4H,1H3. The lowest BCUT2D eigenvalue weighted by molar-refractivity contribution is 0.0587. The zero-order valence-electron chi connectivity index (χ0n) is 16.2. The van der Waals surface area contributed by atoms with Crippen molar-refractivity contribution in [2.24, 2.45) is 7.05 Å². The Morgan fingerprint density at radius 1 is 1.03 bits per heavy atom. The number of carbonyl (C=O) groups excluding carboxylic acids is 2. The van der Waals surface area contributed by atoms with Gasteiger partial charge >= 0.3 is 17.6 Å². The molecule has 0 saturated carbocycles. The number of rotatable bonds is 3. The molecule has 0 aliphatic heterocycles. The fraction of sp³-hybridized carbons (Fsp3) is 0.211. The van der Waals surface area contributed by atoms with Crippen LogP contribution >= 0.6 is 0 Å². The molecule has 0 saturated heterocycles. The molecule has 0 fully saturated rings. The molecule has 0 N–H and O–H groups in total. The van der Waals surface area contributed by atoms with Crippen LogP contribution in [0.1, 0.15) is 26.4 Å². The van der Waals surface area contributed by atoms with E-state index in [4.69, 9.17) is 0 Å². The molecule has 3 aromatic heterocycles. The van der Waals surface area contributed by atoms with Gasteiger partial charge in [0.15, 0.2) is 5.82 Å². The first-order chi connectivity index (χ1) is 13.8. The third-order valence-electron chi connectivity index (χ3n) is 3.84. The average molecular weight is 401 g/mol. The molecule has 0 aliphatic rings. The predicted octanol–water partition coefficient (Wildman–Crippen LogP) is 1.09. The SMILES string of the molecule is COC(=O)c1cccn(-c2cc(C)n(C)n2)c1=O.COC(=O)c1cccoc1=O. The summed E-state index contributed by atoms with van der Waals surface area (Å²) < 4.78 is 16.3. The van der Waals surface area contributed by atoms with Crippen LogP contribution in [0.4, 0.5) is 0 Å². The topological polar surface area (TPSA) is 123 Å². The fourth-order valence-corrected chi connectivity index (χ4v) is 2.23. The molecule has 3 heterocycles. The number of esters is 2. The predicted molar refractivity (Wildman–Crippen MR) is 101 cm³/mol. The molecule has 0 bridgehead atoms. The Kier molecular flexibility index (Phi) is 6.85. The van der Waals surface area contributed by atoms with Crippen molar-refractivity contribution in [1.29, 1.82) is 0 Å². The van der Waals surface area contributed by atoms with Gasteiger partial charge in [-0.1, -0.05) is 0 Å². The third kappa shape index (κ3) is 4.86. The lowest BCUT2D eigenvalue weighted by Gasteiger charge is -2.03. The zero-order valence-corrected chi connectivity index (χ0v) is 16.2. The normalized spacial score (nSPS) is 9.93. The van der Waals surface area contributed by atoms with Crippen LogP contribution in [0.2, 0.25) is 0 Å². The van der Waals surface area contributed by atoms with E-state index in [9.17, 15) is 19.2 Å². The largest absolute Gasteiger partial charge is 0.465 e. The number of ether oxygens (including phenoxy) is 2. The van der Waals surface area contributed by atoms with Gasteiger partial charge < -0.3 is 13.9 Å². The van der Waals surface area contributed by atoms with Crippen LogP contribution in [-0.2, 0) is 16.5 Å². The van der Waals surface area contributed by atoms with Gasteiger partial charge in [-0.25, -0.2) is 14.4 Å². The highest BCUT2D eigenvalue weighted by Gasteiger charge is 2.14. The molecule has 0 amide bonds. The van der Waals surface area contributed by atoms with Gasteiger partial charge in [0.1, 0.15) is 11.1 Å². The second kappa shape index (κ2) is 9.31. The number of hydrogen-bond donors (Lipinski definition) is 0. The fourth-order valence-electron chi connectivity index (χ4n) is 2.23. The summed E-state index contributed by atoms with van der Waals surface area (Å²) in [6.45, 7) is 1.88. The molecule has 0 spiro atoms. The zero-order chi connectivity index (χ0) is 21.6. The molecule has 3 rings (SSSR count). The minimum Gasteiger partial charge on any atom is -0.465 e. The van der Waals surface area contributed by atoms with Crippen molar-refractivity contribution in [3.63, 3.8) is 0 Å². The number of nitrogens with zero attached hydrogens (tertiary/aromatic N) is 3. The number of aromatic nitrogens is 3. The maximum absolute atomic E-state index is 12.1. The van der Waals surface area contributed by atoms with Gasteiger partial charge in [-0.2, -0.15) is 5.10 Å². The van der Waals surface area contributed by atoms with Crippen LogP contribution in [-0.4, -0.2) is 40.5 Å². The molecule has 0 aromatic carbocycles. The molecule has 0 unspecified atom stereocenters. The van der Waals surface area contributed by atoms with Crippen molar-refractivity contribution in [2.75, 3.05) is 14.2 Å². The van der Waals surface area contributed by atoms with Gasteiger partial charge in [0.2, 0.25) is 0 Å². The lowest BCUT2D eigenvalue weighted by Crippen LogP contribution is -2.25. The van der Waals surface area contributed by atoms with Crippen molar-refractivity contribution < 1.29 is 23.5 Å². The summed E-state index contributed by atoms with van der Waals surface area (Å²) in [7, 11) is 4.23. The molecule has 152 valence electrons. The average Bonchev–Trinajstić information content (AvgIpc) is 3.06. The Labute approximate surface area is 164 Å². The van der Waals surface area contributed by atoms with Gasteiger partial charge in [0.25, 0.3) is 5.56 Å². The van der Waals surface area contributed by atoms with Crippen molar-refractivity contribution >= 4 is 11.9 Å². The summed E-state index contributed by atoms with van der Waals surface area (Å²) in [5.41, 5.74) is -0.305. The van der Waals surface area contributed by atoms with Crippen molar-refractivity contribution in [3.05, 3.63) is 80.4 Å². The van der Waals surface area contributed by atoms with Crippen molar-refractivity contribution in [2.45, 2.75) is 6.92 Å². The van der Waals surface area contributed by atoms with Gasteiger partial charge in [-0.3, -0.25) is 14.0 Å². The summed E-state index contributed by atoms with van der Waals surface area (Å²) in [5, 5.41) is 4.20. The van der Waals surface area contributed by atoms with E-state index in [2.05, 4.69) is 19.0 Å². The van der Waals surface area contributed by atoms with E-state index < -0.39 is 23.1 Å². The Morgan fingerprint density at radius 3 is 2.21 bits per heavy atom. The van der Waals surface area contributed by atoms with E-state index in [0.717, 1.165) is 5.69 Å². The Balaban J connectivity index is 0.000000234. The summed E-state index contributed by atoms with van der Waals surface area (Å²) in [6.07, 6.45) is 2.77. The van der Waals surface area contributed by atoms with Crippen molar-refractivity contribution in [3.8, 4) is 5.82 Å². The van der Waals surface area contributed by atoms with E-state index in [1.165, 1.54) is 43.2 Å². The van der Waals surface area contributed by atoms with E-state index in [-0.39, 0.29) is 11.1 Å². The number of pyridine rings is 1. The summed E-state index contributed by atoms with van der Waals surface area (Å²) in [6, 6.07) is 7.60. The monoisotopic (exact) mass is 401 g/mol. The Morgan fingerprint density at radius 2 is 1.66 bits per heavy atom. The van der Waals surface area contributed by atoms with Gasteiger partial charge in [0.05, 0.1) is 20.5 Å². The molecule has 0 aliphatic carbocycles. The van der Waals surface area contributed by atoms with Gasteiger partial charge in [-0.15, -0.1) is 0 Å². The molecule has 0 radical (unpaired) electrons. The van der Waals surface area contributed by atoms with E-state index in [1.807, 2.05) is 6.92 Å². The second-order valence-electron chi connectivity index (χ2n) is 5.66. The minimum atomic E-state index is -0.681.